The van der Waals surface area contributed by atoms with Crippen molar-refractivity contribution in [3.05, 3.63) is 48.0 Å². The number of nitrogens with zero attached hydrogens (tertiary/aromatic N) is 2. The van der Waals surface area contributed by atoms with Crippen molar-refractivity contribution in [2.75, 3.05) is 14.2 Å². The lowest BCUT2D eigenvalue weighted by molar-refractivity contribution is -0.128. The molecule has 1 amide bonds. The van der Waals surface area contributed by atoms with E-state index < -0.39 is 5.54 Å². The van der Waals surface area contributed by atoms with E-state index in [9.17, 15) is 9.90 Å². The molecule has 2 aromatic carbocycles. The summed E-state index contributed by atoms with van der Waals surface area (Å²) in [6, 6.07) is 13.0. The van der Waals surface area contributed by atoms with Crippen molar-refractivity contribution in [3.8, 4) is 22.6 Å². The third kappa shape index (κ3) is 3.03. The van der Waals surface area contributed by atoms with E-state index in [1.165, 1.54) is 12.0 Å². The third-order valence-electron chi connectivity index (χ3n) is 4.57. The van der Waals surface area contributed by atoms with Crippen LogP contribution in [0.25, 0.3) is 11.1 Å². The fourth-order valence-corrected chi connectivity index (χ4v) is 2.97. The van der Waals surface area contributed by atoms with Crippen LogP contribution in [-0.2, 0) is 10.3 Å². The van der Waals surface area contributed by atoms with Crippen LogP contribution in [0.1, 0.15) is 18.9 Å². The summed E-state index contributed by atoms with van der Waals surface area (Å²) in [6.45, 7) is 1.90. The lowest BCUT2D eigenvalue weighted by Gasteiger charge is -2.33. The van der Waals surface area contributed by atoms with Gasteiger partial charge in [0.15, 0.2) is 17.5 Å². The Hall–Kier alpha value is -3.02. The number of hydrogen-bond acceptors (Lipinski definition) is 5. The maximum atomic E-state index is 12.2. The van der Waals surface area contributed by atoms with Crippen LogP contribution in [0.2, 0.25) is 0 Å². The first-order valence-corrected chi connectivity index (χ1v) is 7.94. The second-order valence-electron chi connectivity index (χ2n) is 6.34. The van der Waals surface area contributed by atoms with Crippen LogP contribution in [0.5, 0.6) is 11.5 Å². The average Bonchev–Trinajstić information content (AvgIpc) is 2.60. The SMILES string of the molecule is COc1cc(-c2cccc(C3(C)CC(=O)N(C)C(N)=N3)c2)ccc1O. The molecule has 0 aliphatic carbocycles. The van der Waals surface area contributed by atoms with Gasteiger partial charge in [0.05, 0.1) is 19.1 Å². The van der Waals surface area contributed by atoms with Crippen molar-refractivity contribution < 1.29 is 14.6 Å². The minimum Gasteiger partial charge on any atom is -0.504 e. The van der Waals surface area contributed by atoms with Crippen molar-refractivity contribution in [1.82, 2.24) is 4.90 Å². The van der Waals surface area contributed by atoms with Gasteiger partial charge in [0.2, 0.25) is 5.91 Å². The molecule has 6 heteroatoms. The van der Waals surface area contributed by atoms with Gasteiger partial charge in [-0.3, -0.25) is 9.69 Å². The van der Waals surface area contributed by atoms with Gasteiger partial charge in [0.25, 0.3) is 0 Å². The van der Waals surface area contributed by atoms with Crippen LogP contribution in [0.4, 0.5) is 0 Å². The van der Waals surface area contributed by atoms with E-state index in [-0.39, 0.29) is 24.0 Å². The molecule has 1 heterocycles. The van der Waals surface area contributed by atoms with Crippen LogP contribution in [0.3, 0.4) is 0 Å². The Morgan fingerprint density at radius 2 is 1.96 bits per heavy atom. The molecule has 1 aliphatic rings. The Kier molecular flexibility index (Phi) is 4.12. The first-order chi connectivity index (χ1) is 11.8. The second kappa shape index (κ2) is 6.12. The molecule has 0 saturated carbocycles. The van der Waals surface area contributed by atoms with E-state index in [0.29, 0.717) is 5.75 Å². The molecule has 2 aromatic rings. The van der Waals surface area contributed by atoms with E-state index in [4.69, 9.17) is 10.5 Å². The van der Waals surface area contributed by atoms with Gasteiger partial charge in [0, 0.05) is 7.05 Å². The first kappa shape index (κ1) is 16.8. The highest BCUT2D eigenvalue weighted by molar-refractivity contribution is 5.98. The molecule has 0 saturated heterocycles. The molecular formula is C19H21N3O3. The summed E-state index contributed by atoms with van der Waals surface area (Å²) in [6.07, 6.45) is 0.257. The summed E-state index contributed by atoms with van der Waals surface area (Å²) in [7, 11) is 3.14. The number of carbonyl (C=O) groups excluding carboxylic acids is 1. The van der Waals surface area contributed by atoms with Crippen molar-refractivity contribution >= 4 is 11.9 Å². The quantitative estimate of drug-likeness (QED) is 0.899. The number of amides is 1. The zero-order valence-electron chi connectivity index (χ0n) is 14.5. The van der Waals surface area contributed by atoms with Crippen LogP contribution in [0, 0.1) is 0 Å². The molecule has 1 unspecified atom stereocenters. The monoisotopic (exact) mass is 339 g/mol. The second-order valence-corrected chi connectivity index (χ2v) is 6.34. The highest BCUT2D eigenvalue weighted by atomic mass is 16.5. The van der Waals surface area contributed by atoms with Crippen LogP contribution < -0.4 is 10.5 Å². The van der Waals surface area contributed by atoms with Crippen molar-refractivity contribution in [2.24, 2.45) is 10.7 Å². The largest absolute Gasteiger partial charge is 0.504 e. The van der Waals surface area contributed by atoms with Gasteiger partial charge in [-0.05, 0) is 41.8 Å². The lowest BCUT2D eigenvalue weighted by Crippen LogP contribution is -2.47. The molecule has 0 aromatic heterocycles. The van der Waals surface area contributed by atoms with Crippen molar-refractivity contribution in [3.63, 3.8) is 0 Å². The maximum Gasteiger partial charge on any atom is 0.231 e. The number of carbonyl (C=O) groups is 1. The predicted molar refractivity (Wildman–Crippen MR) is 96.5 cm³/mol. The van der Waals surface area contributed by atoms with E-state index in [1.54, 1.807) is 19.2 Å². The van der Waals surface area contributed by atoms with Crippen LogP contribution in [-0.4, -0.2) is 36.0 Å². The number of nitrogens with two attached hydrogens (primary N) is 1. The molecule has 130 valence electrons. The Balaban J connectivity index is 2.04. The molecule has 3 N–H and O–H groups in total. The van der Waals surface area contributed by atoms with Gasteiger partial charge in [-0.2, -0.15) is 0 Å². The van der Waals surface area contributed by atoms with Gasteiger partial charge in [-0.1, -0.05) is 24.3 Å². The Labute approximate surface area is 146 Å². The summed E-state index contributed by atoms with van der Waals surface area (Å²) in [5, 5.41) is 9.77. The molecule has 0 spiro atoms. The number of aliphatic imine (C=N–C) groups is 1. The van der Waals surface area contributed by atoms with Gasteiger partial charge in [0.1, 0.15) is 0 Å². The molecule has 0 bridgehead atoms. The number of rotatable bonds is 3. The fraction of sp³-hybridized carbons (Fsp3) is 0.263. The topological polar surface area (TPSA) is 88.2 Å². The zero-order chi connectivity index (χ0) is 18.2. The maximum absolute atomic E-state index is 12.2. The highest BCUT2D eigenvalue weighted by Crippen LogP contribution is 2.36. The average molecular weight is 339 g/mol. The Bertz CT molecular complexity index is 863. The predicted octanol–water partition coefficient (Wildman–Crippen LogP) is 2.46. The van der Waals surface area contributed by atoms with E-state index in [2.05, 4.69) is 4.99 Å². The molecule has 0 radical (unpaired) electrons. The molecule has 25 heavy (non-hydrogen) atoms. The van der Waals surface area contributed by atoms with Crippen LogP contribution in [0.15, 0.2) is 47.5 Å². The smallest absolute Gasteiger partial charge is 0.231 e. The van der Waals surface area contributed by atoms with Crippen molar-refractivity contribution in [1.29, 1.82) is 0 Å². The third-order valence-corrected chi connectivity index (χ3v) is 4.57. The molecule has 3 rings (SSSR count). The summed E-state index contributed by atoms with van der Waals surface area (Å²) >= 11 is 0. The van der Waals surface area contributed by atoms with E-state index >= 15 is 0 Å². The van der Waals surface area contributed by atoms with Gasteiger partial charge in [-0.15, -0.1) is 0 Å². The molecule has 0 fully saturated rings. The Morgan fingerprint density at radius 3 is 2.64 bits per heavy atom. The minimum atomic E-state index is -0.704. The normalized spacial score (nSPS) is 20.4. The fourth-order valence-electron chi connectivity index (χ4n) is 2.97. The summed E-state index contributed by atoms with van der Waals surface area (Å²) in [4.78, 5) is 18.1. The van der Waals surface area contributed by atoms with Crippen molar-refractivity contribution in [2.45, 2.75) is 18.9 Å². The van der Waals surface area contributed by atoms with Gasteiger partial charge in [-0.25, -0.2) is 4.99 Å². The number of aromatic hydroxyl groups is 1. The van der Waals surface area contributed by atoms with E-state index in [0.717, 1.165) is 16.7 Å². The van der Waals surface area contributed by atoms with Gasteiger partial charge < -0.3 is 15.6 Å². The summed E-state index contributed by atoms with van der Waals surface area (Å²) in [5.41, 5.74) is 7.94. The van der Waals surface area contributed by atoms with E-state index in [1.807, 2.05) is 37.3 Å². The zero-order valence-corrected chi connectivity index (χ0v) is 14.5. The number of benzene rings is 2. The minimum absolute atomic E-state index is 0.0632. The molecular weight excluding hydrogens is 318 g/mol. The number of methoxy groups -OCH3 is 1. The number of phenolic OH excluding ortho intramolecular Hbond substituents is 1. The number of phenols is 1. The number of hydrogen-bond donors (Lipinski definition) is 2. The highest BCUT2D eigenvalue weighted by Gasteiger charge is 2.36. The Morgan fingerprint density at radius 1 is 1.24 bits per heavy atom. The first-order valence-electron chi connectivity index (χ1n) is 7.94. The molecule has 6 nitrogen and oxygen atoms in total. The van der Waals surface area contributed by atoms with Gasteiger partial charge >= 0.3 is 0 Å². The van der Waals surface area contributed by atoms with Crippen LogP contribution >= 0.6 is 0 Å². The standard InChI is InChI=1S/C19H21N3O3/c1-19(11-17(24)22(2)18(20)21-19)14-6-4-5-12(9-14)13-7-8-15(23)16(10-13)25-3/h4-10,23H,11H2,1-3H3,(H2,20,21). The number of ether oxygens (including phenoxy) is 1. The molecule has 1 aliphatic heterocycles. The lowest BCUT2D eigenvalue weighted by atomic mass is 9.86. The summed E-state index contributed by atoms with van der Waals surface area (Å²) in [5.74, 6) is 0.653. The number of guanidine groups is 1. The summed E-state index contributed by atoms with van der Waals surface area (Å²) < 4.78 is 5.17. The molecule has 1 atom stereocenters.